The van der Waals surface area contributed by atoms with Crippen molar-refractivity contribution in [3.8, 4) is 47.6 Å². The van der Waals surface area contributed by atoms with E-state index in [2.05, 4.69) is 62.7 Å². The first-order valence-electron chi connectivity index (χ1n) is 29.2. The molecular weight excluding hydrogens is 1100 g/mol. The van der Waals surface area contributed by atoms with Gasteiger partial charge in [-0.2, -0.15) is 0 Å². The van der Waals surface area contributed by atoms with E-state index < -0.39 is 0 Å². The highest BCUT2D eigenvalue weighted by molar-refractivity contribution is 5.63. The number of hydrogen-bond donors (Lipinski definition) is 3. The molecule has 21 heteroatoms. The van der Waals surface area contributed by atoms with Crippen molar-refractivity contribution in [1.82, 2.24) is 52.7 Å². The summed E-state index contributed by atoms with van der Waals surface area (Å²) in [5.74, 6) is 9.42. The summed E-state index contributed by atoms with van der Waals surface area (Å²) < 4.78 is 73.1. The molecule has 18 nitrogen and oxygen atoms in total. The third kappa shape index (κ3) is 11.1. The van der Waals surface area contributed by atoms with Crippen LogP contribution < -0.4 is 30.2 Å². The second-order valence-corrected chi connectivity index (χ2v) is 22.1. The molecule has 3 N–H and O–H groups in total. The van der Waals surface area contributed by atoms with Gasteiger partial charge in [0.25, 0.3) is 0 Å². The molecule has 0 unspecified atom stereocenters. The Bertz CT molecular complexity index is 4100. The molecule has 7 aromatic heterocycles. The van der Waals surface area contributed by atoms with Gasteiger partial charge < -0.3 is 39.5 Å². The second kappa shape index (κ2) is 24.2. The van der Waals surface area contributed by atoms with Gasteiger partial charge in [0.05, 0.1) is 43.7 Å². The largest absolute Gasteiger partial charge is 0.493 e. The molecule has 438 valence electrons. The maximum absolute atomic E-state index is 14.5. The molecule has 2 fully saturated rings. The monoisotopic (exact) mass is 1160 g/mol. The Balaban J connectivity index is 0.000000120. The zero-order valence-electron chi connectivity index (χ0n) is 47.8. The fourth-order valence-corrected chi connectivity index (χ4v) is 12.4. The van der Waals surface area contributed by atoms with Crippen molar-refractivity contribution in [3.05, 3.63) is 171 Å². The lowest BCUT2D eigenvalue weighted by molar-refractivity contribution is 0.0854. The number of aromatic nitrogens is 11. The van der Waals surface area contributed by atoms with Crippen LogP contribution in [0.15, 0.2) is 86.1 Å². The highest BCUT2D eigenvalue weighted by Crippen LogP contribution is 2.37. The van der Waals surface area contributed by atoms with Crippen molar-refractivity contribution in [1.29, 1.82) is 0 Å². The first-order valence-corrected chi connectivity index (χ1v) is 29.2. The number of nitrogens with one attached hydrogen (secondary N) is 3. The summed E-state index contributed by atoms with van der Waals surface area (Å²) in [4.78, 5) is 32.0. The van der Waals surface area contributed by atoms with E-state index in [1.54, 1.807) is 36.9 Å². The summed E-state index contributed by atoms with van der Waals surface area (Å²) in [6.07, 6.45) is 36.0. The minimum Gasteiger partial charge on any atom is -0.493 e. The average Bonchev–Trinajstić information content (AvgIpc) is 2.96. The molecule has 0 bridgehead atoms. The van der Waals surface area contributed by atoms with Crippen LogP contribution in [0.1, 0.15) is 124 Å². The van der Waals surface area contributed by atoms with E-state index in [4.69, 9.17) is 31.8 Å². The molecule has 11 heterocycles. The lowest BCUT2D eigenvalue weighted by Gasteiger charge is -2.23. The van der Waals surface area contributed by atoms with Gasteiger partial charge in [0.15, 0.2) is 5.65 Å². The Morgan fingerprint density at radius 2 is 0.965 bits per heavy atom. The van der Waals surface area contributed by atoms with Gasteiger partial charge in [-0.15, -0.1) is 12.8 Å². The van der Waals surface area contributed by atoms with Gasteiger partial charge in [-0.1, -0.05) is 19.3 Å². The molecule has 1 saturated heterocycles. The van der Waals surface area contributed by atoms with Gasteiger partial charge in [-0.3, -0.25) is 13.2 Å². The van der Waals surface area contributed by atoms with Crippen LogP contribution in [0.3, 0.4) is 0 Å². The third-order valence-electron chi connectivity index (χ3n) is 16.7. The molecule has 0 radical (unpaired) electrons. The van der Waals surface area contributed by atoms with Crippen molar-refractivity contribution in [2.45, 2.75) is 110 Å². The Kier molecular flexibility index (Phi) is 15.6. The van der Waals surface area contributed by atoms with Crippen LogP contribution in [0.25, 0.3) is 22.6 Å². The lowest BCUT2D eigenvalue weighted by atomic mass is 9.85. The summed E-state index contributed by atoms with van der Waals surface area (Å²) in [6.45, 7) is 8.06. The summed E-state index contributed by atoms with van der Waals surface area (Å²) in [5, 5.41) is 9.82. The van der Waals surface area contributed by atoms with E-state index in [-0.39, 0.29) is 17.5 Å². The first kappa shape index (κ1) is 55.6. The number of terminal acetylenes is 2. The predicted octanol–water partition coefficient (Wildman–Crippen LogP) is 11.0. The topological polar surface area (TPSA) is 181 Å². The van der Waals surface area contributed by atoms with Gasteiger partial charge in [-0.25, -0.2) is 48.1 Å². The zero-order chi connectivity index (χ0) is 58.8. The fourth-order valence-electron chi connectivity index (χ4n) is 12.4. The smallest absolute Gasteiger partial charge is 0.209 e. The van der Waals surface area contributed by atoms with Crippen LogP contribution in [-0.2, 0) is 43.6 Å². The number of hydrogen-bond acceptors (Lipinski definition) is 14. The summed E-state index contributed by atoms with van der Waals surface area (Å²) in [5.41, 5.74) is 13.0. The number of fused-ring (bicyclic) bond motifs is 6. The first-order chi connectivity index (χ1) is 42.1. The maximum Gasteiger partial charge on any atom is 0.209 e. The number of halogens is 3. The summed E-state index contributed by atoms with van der Waals surface area (Å²) >= 11 is 0. The van der Waals surface area contributed by atoms with E-state index in [1.165, 1.54) is 37.5 Å². The third-order valence-corrected chi connectivity index (χ3v) is 16.7. The summed E-state index contributed by atoms with van der Waals surface area (Å²) in [6, 6.07) is 9.45. The number of aryl methyl sites for hydroxylation is 2. The maximum atomic E-state index is 14.5. The van der Waals surface area contributed by atoms with Crippen LogP contribution in [0.4, 0.5) is 31.0 Å². The summed E-state index contributed by atoms with van der Waals surface area (Å²) in [7, 11) is 0. The molecule has 5 aliphatic rings. The average molecular weight is 1160 g/mol. The van der Waals surface area contributed by atoms with Crippen LogP contribution in [0, 0.1) is 56.0 Å². The molecule has 3 aromatic carbocycles. The van der Waals surface area contributed by atoms with E-state index in [0.29, 0.717) is 104 Å². The highest BCUT2D eigenvalue weighted by Gasteiger charge is 2.27. The Morgan fingerprint density at radius 1 is 0.512 bits per heavy atom. The number of ether oxygens (including phenoxy) is 4. The van der Waals surface area contributed by atoms with Crippen molar-refractivity contribution in [2.75, 3.05) is 49.0 Å². The molecule has 10 aromatic rings. The molecule has 15 rings (SSSR count). The van der Waals surface area contributed by atoms with Crippen LogP contribution in [0.5, 0.6) is 17.2 Å². The molecule has 0 atom stereocenters. The van der Waals surface area contributed by atoms with Gasteiger partial charge in [0.1, 0.15) is 63.1 Å². The second-order valence-electron chi connectivity index (χ2n) is 22.1. The van der Waals surface area contributed by atoms with E-state index in [9.17, 15) is 13.2 Å². The number of anilines is 3. The van der Waals surface area contributed by atoms with Gasteiger partial charge in [0, 0.05) is 134 Å². The van der Waals surface area contributed by atoms with Gasteiger partial charge >= 0.3 is 0 Å². The lowest BCUT2D eigenvalue weighted by Crippen LogP contribution is -2.16. The molecule has 1 aliphatic carbocycles. The van der Waals surface area contributed by atoms with Gasteiger partial charge in [-0.05, 0) is 99.6 Å². The fraction of sp³-hybridized carbons (Fsp3) is 0.338. The van der Waals surface area contributed by atoms with Crippen LogP contribution >= 0.6 is 0 Å². The minimum absolute atomic E-state index is 0.230. The molecular formula is C65H63F3N14O4. The molecule has 86 heavy (non-hydrogen) atoms. The molecule has 1 saturated carbocycles. The zero-order valence-corrected chi connectivity index (χ0v) is 47.8. The van der Waals surface area contributed by atoms with Crippen molar-refractivity contribution < 1.29 is 32.1 Å². The predicted molar refractivity (Wildman–Crippen MR) is 319 cm³/mol. The highest BCUT2D eigenvalue weighted by atomic mass is 19.1. The quantitative estimate of drug-likeness (QED) is 0.0983. The Morgan fingerprint density at radius 3 is 1.42 bits per heavy atom. The Hall–Kier alpha value is -9.60. The Labute approximate surface area is 494 Å². The SMILES string of the molecule is C#Cc1cn2c(NCc3c(F)ccc4c3CCO4)ncc(C3CCCCC3)c2n1.C#Cc1cn2c(NCc3c(F)ccc4c3CCO4)ncc(C3CCOCC3)c2n1.Cc1cn(-c2cnc(NCc3c(F)ccc4c3CCO4)n3cc(C)nc23)cn1. The van der Waals surface area contributed by atoms with Crippen LogP contribution in [0.2, 0.25) is 0 Å². The van der Waals surface area contributed by atoms with Crippen molar-refractivity contribution >= 4 is 34.8 Å². The number of imidazole rings is 4. The minimum atomic E-state index is -0.244. The van der Waals surface area contributed by atoms with Crippen molar-refractivity contribution in [2.24, 2.45) is 0 Å². The van der Waals surface area contributed by atoms with E-state index in [0.717, 1.165) is 131 Å². The van der Waals surface area contributed by atoms with Gasteiger partial charge in [0.2, 0.25) is 17.8 Å². The molecule has 4 aliphatic heterocycles. The molecule has 0 spiro atoms. The standard InChI is InChI=1S/C23H23FN4O.C22H21FN4O2.C20H19FN6O/c1-2-16-14-28-22(27-16)18(15-6-4-3-5-7-15)12-25-23(28)26-13-19-17-10-11-29-21(17)9-8-20(19)24;1-2-15-13-27-21(26-15)17(14-5-8-28-9-6-14)11-24-22(27)25-12-18-16-7-10-29-20(16)4-3-19(18)23;1-12-9-26(11-24-12)17-8-23-20(27-10-13(2)25-19(17)27)22-7-15-14-5-6-28-18(14)4-3-16(15)21/h1,8-9,12,14-15H,3-7,10-11,13H2,(H,25,26);1,3-4,11,13-14H,5-10,12H2,(H,24,25);3-4,8-11H,5-7H2,1-2H3,(H,22,23). The molecule has 0 amide bonds. The van der Waals surface area contributed by atoms with E-state index >= 15 is 0 Å². The van der Waals surface area contributed by atoms with E-state index in [1.807, 2.05) is 62.6 Å². The number of rotatable bonds is 12. The number of benzene rings is 3. The normalized spacial score (nSPS) is 15.3. The van der Waals surface area contributed by atoms with Crippen molar-refractivity contribution in [3.63, 3.8) is 0 Å². The number of nitrogens with zero attached hydrogens (tertiary/aromatic N) is 11. The van der Waals surface area contributed by atoms with Crippen LogP contribution in [-0.4, -0.2) is 85.7 Å².